The fourth-order valence-corrected chi connectivity index (χ4v) is 2.18. The van der Waals surface area contributed by atoms with E-state index < -0.39 is 0 Å². The highest BCUT2D eigenvalue weighted by molar-refractivity contribution is 5.94. The molecule has 6 nitrogen and oxygen atoms in total. The van der Waals surface area contributed by atoms with Crippen LogP contribution >= 0.6 is 0 Å². The van der Waals surface area contributed by atoms with Crippen LogP contribution < -0.4 is 20.1 Å². The van der Waals surface area contributed by atoms with E-state index in [1.807, 2.05) is 13.8 Å². The molecule has 0 aliphatic rings. The van der Waals surface area contributed by atoms with Gasteiger partial charge in [0.1, 0.15) is 0 Å². The number of hydrogen-bond acceptors (Lipinski definition) is 5. The first kappa shape index (κ1) is 18.1. The minimum absolute atomic E-state index is 0.114. The largest absolute Gasteiger partial charge is 0.490 e. The van der Waals surface area contributed by atoms with Gasteiger partial charge in [0.05, 0.1) is 31.4 Å². The van der Waals surface area contributed by atoms with Crippen molar-refractivity contribution in [2.75, 3.05) is 30.4 Å². The minimum atomic E-state index is -0.184. The third kappa shape index (κ3) is 5.43. The molecule has 2 aromatic rings. The highest BCUT2D eigenvalue weighted by Gasteiger charge is 2.08. The number of rotatable bonds is 8. The maximum atomic E-state index is 12.1. The summed E-state index contributed by atoms with van der Waals surface area (Å²) >= 11 is 0. The van der Waals surface area contributed by atoms with E-state index in [0.717, 1.165) is 5.69 Å². The van der Waals surface area contributed by atoms with Crippen molar-refractivity contribution >= 4 is 17.3 Å². The van der Waals surface area contributed by atoms with Crippen molar-refractivity contribution in [2.45, 2.75) is 13.8 Å². The minimum Gasteiger partial charge on any atom is -0.490 e. The topological polar surface area (TPSA) is 83.4 Å². The average molecular weight is 339 g/mol. The lowest BCUT2D eigenvalue weighted by atomic mass is 10.2. The van der Waals surface area contributed by atoms with Crippen LogP contribution in [0, 0.1) is 11.3 Å². The van der Waals surface area contributed by atoms with Crippen molar-refractivity contribution in [3.8, 4) is 17.6 Å². The fourth-order valence-electron chi connectivity index (χ4n) is 2.18. The smallest absolute Gasteiger partial charge is 0.243 e. The summed E-state index contributed by atoms with van der Waals surface area (Å²) in [5.74, 6) is 1.07. The summed E-state index contributed by atoms with van der Waals surface area (Å²) in [4.78, 5) is 12.1. The molecule has 0 bridgehead atoms. The van der Waals surface area contributed by atoms with E-state index >= 15 is 0 Å². The summed E-state index contributed by atoms with van der Waals surface area (Å²) in [7, 11) is 0. The Bertz CT molecular complexity index is 751. The van der Waals surface area contributed by atoms with Gasteiger partial charge in [0, 0.05) is 17.4 Å². The monoisotopic (exact) mass is 339 g/mol. The lowest BCUT2D eigenvalue weighted by Gasteiger charge is -2.13. The molecule has 0 heterocycles. The van der Waals surface area contributed by atoms with E-state index in [1.54, 1.807) is 42.5 Å². The molecule has 130 valence electrons. The number of nitrogens with zero attached hydrogens (tertiary/aromatic N) is 1. The molecule has 0 saturated heterocycles. The number of amides is 1. The Morgan fingerprint density at radius 3 is 2.28 bits per heavy atom. The van der Waals surface area contributed by atoms with Gasteiger partial charge in [-0.15, -0.1) is 0 Å². The first-order valence-electron chi connectivity index (χ1n) is 8.09. The molecular weight excluding hydrogens is 318 g/mol. The van der Waals surface area contributed by atoms with Crippen LogP contribution in [0.5, 0.6) is 11.5 Å². The molecule has 0 aliphatic heterocycles. The molecule has 0 spiro atoms. The van der Waals surface area contributed by atoms with Gasteiger partial charge in [-0.1, -0.05) is 0 Å². The molecule has 0 aliphatic carbocycles. The van der Waals surface area contributed by atoms with Gasteiger partial charge in [0.25, 0.3) is 0 Å². The molecule has 2 aromatic carbocycles. The zero-order chi connectivity index (χ0) is 18.1. The van der Waals surface area contributed by atoms with Crippen molar-refractivity contribution in [3.05, 3.63) is 48.0 Å². The molecule has 0 atom stereocenters. The van der Waals surface area contributed by atoms with Crippen molar-refractivity contribution in [1.29, 1.82) is 5.26 Å². The zero-order valence-electron chi connectivity index (χ0n) is 14.3. The third-order valence-electron chi connectivity index (χ3n) is 3.29. The third-order valence-corrected chi connectivity index (χ3v) is 3.29. The number of nitrogens with one attached hydrogen (secondary N) is 2. The van der Waals surface area contributed by atoms with Crippen LogP contribution in [0.15, 0.2) is 42.5 Å². The van der Waals surface area contributed by atoms with Crippen LogP contribution in [0.25, 0.3) is 0 Å². The molecule has 2 rings (SSSR count). The van der Waals surface area contributed by atoms with Gasteiger partial charge < -0.3 is 20.1 Å². The van der Waals surface area contributed by atoms with Crippen LogP contribution in [0.3, 0.4) is 0 Å². The molecule has 0 saturated carbocycles. The van der Waals surface area contributed by atoms with Gasteiger partial charge in [-0.3, -0.25) is 4.79 Å². The Morgan fingerprint density at radius 1 is 1.00 bits per heavy atom. The molecule has 25 heavy (non-hydrogen) atoms. The maximum Gasteiger partial charge on any atom is 0.243 e. The van der Waals surface area contributed by atoms with Crippen molar-refractivity contribution in [2.24, 2.45) is 0 Å². The van der Waals surface area contributed by atoms with E-state index in [4.69, 9.17) is 14.7 Å². The Morgan fingerprint density at radius 2 is 1.64 bits per heavy atom. The molecule has 0 radical (unpaired) electrons. The number of anilines is 2. The van der Waals surface area contributed by atoms with Crippen LogP contribution in [-0.4, -0.2) is 25.7 Å². The van der Waals surface area contributed by atoms with E-state index in [-0.39, 0.29) is 12.5 Å². The lowest BCUT2D eigenvalue weighted by Crippen LogP contribution is -2.21. The van der Waals surface area contributed by atoms with E-state index in [1.165, 1.54) is 0 Å². The number of nitriles is 1. The molecular formula is C19H21N3O3. The van der Waals surface area contributed by atoms with E-state index in [0.29, 0.717) is 36.0 Å². The molecule has 0 aromatic heterocycles. The van der Waals surface area contributed by atoms with Gasteiger partial charge in [-0.25, -0.2) is 0 Å². The molecule has 2 N–H and O–H groups in total. The number of hydrogen-bond donors (Lipinski definition) is 2. The van der Waals surface area contributed by atoms with Gasteiger partial charge in [0.2, 0.25) is 5.91 Å². The molecule has 0 fully saturated rings. The quantitative estimate of drug-likeness (QED) is 0.770. The second-order valence-electron chi connectivity index (χ2n) is 5.12. The highest BCUT2D eigenvalue weighted by Crippen LogP contribution is 2.30. The fraction of sp³-hybridized carbons (Fsp3) is 0.263. The van der Waals surface area contributed by atoms with E-state index in [9.17, 15) is 4.79 Å². The second-order valence-corrected chi connectivity index (χ2v) is 5.12. The van der Waals surface area contributed by atoms with Crippen LogP contribution in [-0.2, 0) is 4.79 Å². The number of carbonyl (C=O) groups excluding carboxylic acids is 1. The predicted octanol–water partition coefficient (Wildman–Crippen LogP) is 3.41. The second kappa shape index (κ2) is 9.18. The summed E-state index contributed by atoms with van der Waals surface area (Å²) in [5.41, 5.74) is 1.99. The summed E-state index contributed by atoms with van der Waals surface area (Å²) < 4.78 is 11.0. The SMILES string of the molecule is CCOc1ccc(NC(=O)CNc2ccc(C#N)cc2)cc1OCC. The number of benzene rings is 2. The molecule has 1 amide bonds. The predicted molar refractivity (Wildman–Crippen MR) is 97.1 cm³/mol. The first-order valence-corrected chi connectivity index (χ1v) is 8.09. The lowest BCUT2D eigenvalue weighted by molar-refractivity contribution is -0.114. The Balaban J connectivity index is 1.95. The number of ether oxygens (including phenoxy) is 2. The Hall–Kier alpha value is -3.20. The van der Waals surface area contributed by atoms with Crippen LogP contribution in [0.2, 0.25) is 0 Å². The highest BCUT2D eigenvalue weighted by atomic mass is 16.5. The van der Waals surface area contributed by atoms with Gasteiger partial charge in [-0.05, 0) is 50.2 Å². The number of carbonyl (C=O) groups is 1. The van der Waals surface area contributed by atoms with Crippen molar-refractivity contribution < 1.29 is 14.3 Å². The van der Waals surface area contributed by atoms with E-state index in [2.05, 4.69) is 16.7 Å². The van der Waals surface area contributed by atoms with Crippen molar-refractivity contribution in [3.63, 3.8) is 0 Å². The van der Waals surface area contributed by atoms with Gasteiger partial charge in [-0.2, -0.15) is 5.26 Å². The average Bonchev–Trinajstić information content (AvgIpc) is 2.63. The maximum absolute atomic E-state index is 12.1. The van der Waals surface area contributed by atoms with Gasteiger partial charge >= 0.3 is 0 Å². The summed E-state index contributed by atoms with van der Waals surface area (Å²) in [6.45, 7) is 4.96. The summed E-state index contributed by atoms with van der Waals surface area (Å²) in [5, 5.41) is 14.6. The van der Waals surface area contributed by atoms with Crippen LogP contribution in [0.4, 0.5) is 11.4 Å². The van der Waals surface area contributed by atoms with Crippen LogP contribution in [0.1, 0.15) is 19.4 Å². The normalized spacial score (nSPS) is 9.80. The summed E-state index contributed by atoms with van der Waals surface area (Å²) in [6.07, 6.45) is 0. The van der Waals surface area contributed by atoms with Gasteiger partial charge in [0.15, 0.2) is 11.5 Å². The standard InChI is InChI=1S/C19H21N3O3/c1-3-24-17-10-9-16(11-18(17)25-4-2)22-19(23)13-21-15-7-5-14(12-20)6-8-15/h5-11,21H,3-4,13H2,1-2H3,(H,22,23). The molecule has 6 heteroatoms. The first-order chi connectivity index (χ1) is 12.2. The Labute approximate surface area is 147 Å². The summed E-state index contributed by atoms with van der Waals surface area (Å²) in [6, 6.07) is 14.3. The van der Waals surface area contributed by atoms with Crippen molar-refractivity contribution in [1.82, 2.24) is 0 Å². The zero-order valence-corrected chi connectivity index (χ0v) is 14.3. The Kier molecular flexibility index (Phi) is 6.66. The molecule has 0 unspecified atom stereocenters.